The van der Waals surface area contributed by atoms with Gasteiger partial charge in [0.2, 0.25) is 0 Å². The van der Waals surface area contributed by atoms with Crippen LogP contribution in [0.15, 0.2) is 23.6 Å². The lowest BCUT2D eigenvalue weighted by Gasteiger charge is -2.49. The van der Waals surface area contributed by atoms with E-state index in [0.717, 1.165) is 35.9 Å². The Kier molecular flexibility index (Phi) is 3.76. The number of fused-ring (bicyclic) bond motifs is 9. The lowest BCUT2D eigenvalue weighted by molar-refractivity contribution is -0.0452. The molecule has 0 bridgehead atoms. The van der Waals surface area contributed by atoms with Gasteiger partial charge in [-0.05, 0) is 74.9 Å². The van der Waals surface area contributed by atoms with Crippen LogP contribution in [0.5, 0.6) is 0 Å². The molecule has 3 nitrogen and oxygen atoms in total. The van der Waals surface area contributed by atoms with Gasteiger partial charge in [-0.15, -0.1) is 0 Å². The van der Waals surface area contributed by atoms with Gasteiger partial charge in [0.15, 0.2) is 0 Å². The molecule has 8 unspecified atom stereocenters. The van der Waals surface area contributed by atoms with Gasteiger partial charge in [0.1, 0.15) is 11.9 Å². The smallest absolute Gasteiger partial charge is 0.122 e. The summed E-state index contributed by atoms with van der Waals surface area (Å²) < 4.78 is 6.76. The topological polar surface area (TPSA) is 15.7 Å². The molecule has 0 aromatic heterocycles. The molecule has 5 fully saturated rings. The Balaban J connectivity index is 1.17. The van der Waals surface area contributed by atoms with Crippen LogP contribution in [0.25, 0.3) is 0 Å². The maximum atomic E-state index is 6.76. The van der Waals surface area contributed by atoms with Gasteiger partial charge in [-0.1, -0.05) is 25.7 Å². The standard InChI is InChI=1S/C25H36N2O/c1-3-7-20-16(5-1)13-22-18-15-19-23-14-17-6-2-4-8-21(17)27(23)12-10-25(19)28-24(18)9-11-26(20)22/h9,11,16-17,19-23,25H,1-8,10,12-15H2. The summed E-state index contributed by atoms with van der Waals surface area (Å²) in [6, 6.07) is 3.20. The maximum absolute atomic E-state index is 6.76. The first kappa shape index (κ1) is 16.8. The van der Waals surface area contributed by atoms with Crippen LogP contribution in [0.1, 0.15) is 77.0 Å². The van der Waals surface area contributed by atoms with Crippen LogP contribution in [0.2, 0.25) is 0 Å². The van der Waals surface area contributed by atoms with Crippen molar-refractivity contribution in [2.24, 2.45) is 17.8 Å². The Hall–Kier alpha value is -0.960. The zero-order valence-electron chi connectivity index (χ0n) is 17.3. The predicted molar refractivity (Wildman–Crippen MR) is 111 cm³/mol. The predicted octanol–water partition coefficient (Wildman–Crippen LogP) is 4.84. The molecule has 152 valence electrons. The highest BCUT2D eigenvalue weighted by Gasteiger charge is 2.53. The second-order valence-corrected chi connectivity index (χ2v) is 11.0. The van der Waals surface area contributed by atoms with Crippen molar-refractivity contribution in [1.82, 2.24) is 9.80 Å². The molecule has 0 radical (unpaired) electrons. The zero-order chi connectivity index (χ0) is 18.2. The van der Waals surface area contributed by atoms with Gasteiger partial charge in [0, 0.05) is 36.8 Å². The lowest BCUT2D eigenvalue weighted by atomic mass is 9.76. The molecule has 2 saturated carbocycles. The average Bonchev–Trinajstić information content (AvgIpc) is 3.31. The van der Waals surface area contributed by atoms with Crippen molar-refractivity contribution in [2.75, 3.05) is 6.54 Å². The maximum Gasteiger partial charge on any atom is 0.122 e. The SMILES string of the molecule is C1=CN2C(CC3CCCCC32)C2=C1OC1CCN3C4CCCCC4CC3C1C2. The van der Waals surface area contributed by atoms with Crippen molar-refractivity contribution in [3.63, 3.8) is 0 Å². The summed E-state index contributed by atoms with van der Waals surface area (Å²) in [7, 11) is 0. The number of piperidine rings is 1. The Morgan fingerprint density at radius 3 is 2.50 bits per heavy atom. The molecular weight excluding hydrogens is 344 g/mol. The molecule has 0 spiro atoms. The largest absolute Gasteiger partial charge is 0.490 e. The third-order valence-corrected chi connectivity index (χ3v) is 9.90. The normalized spacial score (nSPS) is 49.5. The van der Waals surface area contributed by atoms with Gasteiger partial charge in [-0.3, -0.25) is 4.90 Å². The monoisotopic (exact) mass is 380 g/mol. The van der Waals surface area contributed by atoms with Crippen LogP contribution in [0.4, 0.5) is 0 Å². The summed E-state index contributed by atoms with van der Waals surface area (Å²) in [5, 5.41) is 0. The van der Waals surface area contributed by atoms with E-state index in [1.165, 1.54) is 89.4 Å². The van der Waals surface area contributed by atoms with Gasteiger partial charge in [0.05, 0.1) is 6.04 Å². The quantitative estimate of drug-likeness (QED) is 0.598. The summed E-state index contributed by atoms with van der Waals surface area (Å²) in [6.07, 6.45) is 22.4. The summed E-state index contributed by atoms with van der Waals surface area (Å²) in [5.74, 6) is 3.97. The van der Waals surface area contributed by atoms with Crippen LogP contribution < -0.4 is 0 Å². The minimum Gasteiger partial charge on any atom is -0.490 e. The van der Waals surface area contributed by atoms with E-state index in [2.05, 4.69) is 22.1 Å². The number of hydrogen-bond acceptors (Lipinski definition) is 3. The van der Waals surface area contributed by atoms with Gasteiger partial charge in [0.25, 0.3) is 0 Å². The molecule has 0 N–H and O–H groups in total. The highest BCUT2D eigenvalue weighted by Crippen LogP contribution is 2.52. The van der Waals surface area contributed by atoms with Gasteiger partial charge in [-0.2, -0.15) is 0 Å². The van der Waals surface area contributed by atoms with E-state index in [0.29, 0.717) is 12.1 Å². The third-order valence-electron chi connectivity index (χ3n) is 9.90. The summed E-state index contributed by atoms with van der Waals surface area (Å²) in [5.41, 5.74) is 1.69. The van der Waals surface area contributed by atoms with Crippen molar-refractivity contribution in [3.05, 3.63) is 23.6 Å². The van der Waals surface area contributed by atoms with Crippen LogP contribution in [-0.4, -0.2) is 46.6 Å². The van der Waals surface area contributed by atoms with Crippen LogP contribution >= 0.6 is 0 Å². The van der Waals surface area contributed by atoms with Crippen LogP contribution in [-0.2, 0) is 4.74 Å². The minimum absolute atomic E-state index is 0.486. The molecule has 5 aliphatic heterocycles. The van der Waals surface area contributed by atoms with Gasteiger partial charge >= 0.3 is 0 Å². The molecule has 2 aliphatic carbocycles. The highest BCUT2D eigenvalue weighted by atomic mass is 16.5. The molecule has 0 amide bonds. The van der Waals surface area contributed by atoms with Crippen LogP contribution in [0, 0.1) is 17.8 Å². The van der Waals surface area contributed by atoms with Crippen molar-refractivity contribution in [1.29, 1.82) is 0 Å². The van der Waals surface area contributed by atoms with E-state index in [-0.39, 0.29) is 0 Å². The molecule has 0 aromatic carbocycles. The summed E-state index contributed by atoms with van der Waals surface area (Å²) in [4.78, 5) is 5.73. The number of allylic oxidation sites excluding steroid dienone is 1. The fourth-order valence-electron chi connectivity index (χ4n) is 8.72. The first-order valence-electron chi connectivity index (χ1n) is 12.5. The Morgan fingerprint density at radius 2 is 1.61 bits per heavy atom. The second kappa shape index (κ2) is 6.27. The molecule has 0 aromatic rings. The fraction of sp³-hybridized carbons (Fsp3) is 0.840. The molecule has 7 rings (SSSR count). The zero-order valence-corrected chi connectivity index (χ0v) is 17.3. The Bertz CT molecular complexity index is 713. The molecule has 7 aliphatic rings. The number of nitrogens with zero attached hydrogens (tertiary/aromatic N) is 2. The van der Waals surface area contributed by atoms with Crippen LogP contribution in [0.3, 0.4) is 0 Å². The van der Waals surface area contributed by atoms with E-state index in [9.17, 15) is 0 Å². The van der Waals surface area contributed by atoms with E-state index in [4.69, 9.17) is 4.74 Å². The minimum atomic E-state index is 0.486. The van der Waals surface area contributed by atoms with E-state index in [1.54, 1.807) is 5.57 Å². The molecule has 8 atom stereocenters. The van der Waals surface area contributed by atoms with Crippen molar-refractivity contribution in [2.45, 2.75) is 107 Å². The van der Waals surface area contributed by atoms with Crippen molar-refractivity contribution >= 4 is 0 Å². The lowest BCUT2D eigenvalue weighted by Crippen LogP contribution is -2.53. The number of ether oxygens (including phenoxy) is 1. The number of hydrogen-bond donors (Lipinski definition) is 0. The van der Waals surface area contributed by atoms with E-state index < -0.39 is 0 Å². The molecule has 28 heavy (non-hydrogen) atoms. The molecule has 3 heteroatoms. The third kappa shape index (κ3) is 2.32. The van der Waals surface area contributed by atoms with Crippen molar-refractivity contribution < 1.29 is 4.74 Å². The summed E-state index contributed by atoms with van der Waals surface area (Å²) in [6.45, 7) is 1.29. The molecular formula is C25H36N2O. The molecule has 5 heterocycles. The highest BCUT2D eigenvalue weighted by molar-refractivity contribution is 5.35. The van der Waals surface area contributed by atoms with E-state index in [1.807, 2.05) is 0 Å². The van der Waals surface area contributed by atoms with Gasteiger partial charge in [-0.25, -0.2) is 0 Å². The van der Waals surface area contributed by atoms with Crippen molar-refractivity contribution in [3.8, 4) is 0 Å². The number of rotatable bonds is 0. The second-order valence-electron chi connectivity index (χ2n) is 11.0. The Morgan fingerprint density at radius 1 is 0.821 bits per heavy atom. The Labute approximate surface area is 170 Å². The first-order chi connectivity index (χ1) is 13.9. The van der Waals surface area contributed by atoms with E-state index >= 15 is 0 Å². The summed E-state index contributed by atoms with van der Waals surface area (Å²) >= 11 is 0. The van der Waals surface area contributed by atoms with Gasteiger partial charge < -0.3 is 9.64 Å². The average molecular weight is 381 g/mol. The molecule has 3 saturated heterocycles. The fourth-order valence-corrected chi connectivity index (χ4v) is 8.72. The first-order valence-corrected chi connectivity index (χ1v) is 12.5.